The Morgan fingerprint density at radius 2 is 1.45 bits per heavy atom. The van der Waals surface area contributed by atoms with Gasteiger partial charge >= 0.3 is 0 Å². The van der Waals surface area contributed by atoms with E-state index in [2.05, 4.69) is 27.7 Å². The van der Waals surface area contributed by atoms with E-state index in [1.54, 1.807) is 0 Å². The minimum absolute atomic E-state index is 0.00370. The van der Waals surface area contributed by atoms with Crippen molar-refractivity contribution >= 4 is 0 Å². The normalized spacial score (nSPS) is 58.9. The van der Waals surface area contributed by atoms with Crippen molar-refractivity contribution in [3.8, 4) is 0 Å². The van der Waals surface area contributed by atoms with Gasteiger partial charge in [0.1, 0.15) is 72.7 Å². The van der Waals surface area contributed by atoms with Gasteiger partial charge in [0.25, 0.3) is 0 Å². The number of aliphatic hydroxyl groups is 10. The number of ether oxygens (including phenoxy) is 8. The molecule has 1 spiro atoms. The number of rotatable bonds is 7. The molecule has 18 heteroatoms. The molecular weight excluding hydrogens is 816 g/mol. The molecule has 9 rings (SSSR count). The van der Waals surface area contributed by atoms with Gasteiger partial charge in [-0.25, -0.2) is 0 Å². The fraction of sp³-hybridized carbons (Fsp3) is 0.955. The maximum atomic E-state index is 12.8. The van der Waals surface area contributed by atoms with Gasteiger partial charge in [-0.05, 0) is 74.5 Å². The molecule has 26 atom stereocenters. The first-order chi connectivity index (χ1) is 29.3. The summed E-state index contributed by atoms with van der Waals surface area (Å²) in [6.07, 6.45) is -16.2. The third-order valence-electron chi connectivity index (χ3n) is 17.5. The number of hydrogen-bond donors (Lipinski definition) is 10. The molecule has 5 heterocycles. The van der Waals surface area contributed by atoms with Crippen molar-refractivity contribution < 1.29 is 89.0 Å². The lowest BCUT2D eigenvalue weighted by Crippen LogP contribution is -2.68. The molecule has 3 saturated carbocycles. The highest BCUT2D eigenvalue weighted by atomic mass is 16.8. The van der Waals surface area contributed by atoms with E-state index in [4.69, 9.17) is 37.9 Å². The Morgan fingerprint density at radius 1 is 0.726 bits per heavy atom. The standard InChI is InChI=1S/C44H70O18/c1-18-6-11-44(56-16-18)19(2)29-26(62-44)13-24-22-12-28(47)43(54)14-21(7-10-42(43,5)23(22)8-9-41(24,29)4)58-40-37(61-39-34(52)32(50)30(48)20(3)57-39)35(53)36(27(15-45)59-40)60-38-33(51)31(49)25(46)17-55-38/h12,18-21,23-40,45-54H,6-11,13-17H2,1-5H3/t18-,19+,20+,21+,23+,24+,25+,26+,27-,28-,29+,30+,31+,32-,33-,34-,35+,36-,37-,38+,39+,40-,41+,42-,43+,44-/m1/s1. The molecule has 5 aliphatic heterocycles. The van der Waals surface area contributed by atoms with E-state index in [1.165, 1.54) is 12.5 Å². The molecule has 9 aliphatic rings. The van der Waals surface area contributed by atoms with Crippen LogP contribution in [0.1, 0.15) is 86.0 Å². The van der Waals surface area contributed by atoms with E-state index in [0.29, 0.717) is 31.3 Å². The van der Waals surface area contributed by atoms with Gasteiger partial charge in [0.15, 0.2) is 24.7 Å². The molecule has 0 bridgehead atoms. The lowest BCUT2D eigenvalue weighted by molar-refractivity contribution is -0.388. The maximum Gasteiger partial charge on any atom is 0.187 e. The third kappa shape index (κ3) is 7.12. The Morgan fingerprint density at radius 3 is 2.16 bits per heavy atom. The van der Waals surface area contributed by atoms with E-state index in [-0.39, 0.29) is 35.7 Å². The monoisotopic (exact) mass is 886 g/mol. The van der Waals surface area contributed by atoms with Gasteiger partial charge in [0.05, 0.1) is 38.1 Å². The van der Waals surface area contributed by atoms with Crippen molar-refractivity contribution in [2.45, 2.75) is 202 Å². The Kier molecular flexibility index (Phi) is 12.4. The topological polar surface area (TPSA) is 276 Å². The molecule has 5 saturated heterocycles. The molecule has 354 valence electrons. The summed E-state index contributed by atoms with van der Waals surface area (Å²) in [5.41, 5.74) is -1.22. The lowest BCUT2D eigenvalue weighted by atomic mass is 9.45. The highest BCUT2D eigenvalue weighted by Crippen LogP contribution is 2.71. The average molecular weight is 887 g/mol. The minimum Gasteiger partial charge on any atom is -0.394 e. The van der Waals surface area contributed by atoms with Crippen molar-refractivity contribution in [2.24, 2.45) is 40.4 Å². The summed E-state index contributed by atoms with van der Waals surface area (Å²) < 4.78 is 49.3. The van der Waals surface area contributed by atoms with Gasteiger partial charge in [-0.2, -0.15) is 0 Å². The van der Waals surface area contributed by atoms with E-state index in [0.717, 1.165) is 32.1 Å². The van der Waals surface area contributed by atoms with Crippen LogP contribution in [0, 0.1) is 40.4 Å². The number of fused-ring (bicyclic) bond motifs is 7. The van der Waals surface area contributed by atoms with Crippen molar-refractivity contribution in [3.63, 3.8) is 0 Å². The zero-order valence-corrected chi connectivity index (χ0v) is 36.3. The van der Waals surface area contributed by atoms with Gasteiger partial charge < -0.3 is 89.0 Å². The van der Waals surface area contributed by atoms with Gasteiger partial charge in [-0.15, -0.1) is 0 Å². The highest BCUT2D eigenvalue weighted by Gasteiger charge is 2.70. The predicted octanol–water partition coefficient (Wildman–Crippen LogP) is -1.06. The van der Waals surface area contributed by atoms with Crippen LogP contribution in [0.15, 0.2) is 11.6 Å². The molecule has 0 aromatic carbocycles. The van der Waals surface area contributed by atoms with E-state index in [1.807, 2.05) is 6.08 Å². The third-order valence-corrected chi connectivity index (χ3v) is 17.5. The summed E-state index contributed by atoms with van der Waals surface area (Å²) >= 11 is 0. The molecule has 0 unspecified atom stereocenters. The fourth-order valence-corrected chi connectivity index (χ4v) is 13.7. The van der Waals surface area contributed by atoms with Crippen LogP contribution in [0.25, 0.3) is 0 Å². The van der Waals surface area contributed by atoms with Crippen molar-refractivity contribution in [3.05, 3.63) is 11.6 Å². The predicted molar refractivity (Wildman–Crippen MR) is 211 cm³/mol. The van der Waals surface area contributed by atoms with Crippen LogP contribution in [0.3, 0.4) is 0 Å². The van der Waals surface area contributed by atoms with E-state index >= 15 is 0 Å². The van der Waals surface area contributed by atoms with E-state index < -0.39 is 128 Å². The second kappa shape index (κ2) is 16.7. The second-order valence-corrected chi connectivity index (χ2v) is 20.9. The zero-order valence-electron chi connectivity index (χ0n) is 36.3. The summed E-state index contributed by atoms with van der Waals surface area (Å²) in [4.78, 5) is 0. The molecule has 8 fully saturated rings. The van der Waals surface area contributed by atoms with Crippen LogP contribution in [0.2, 0.25) is 0 Å². The summed E-state index contributed by atoms with van der Waals surface area (Å²) in [6.45, 7) is 9.98. The van der Waals surface area contributed by atoms with Crippen LogP contribution < -0.4 is 0 Å². The van der Waals surface area contributed by atoms with Crippen molar-refractivity contribution in [1.82, 2.24) is 0 Å². The molecular formula is C44H70O18. The zero-order chi connectivity index (χ0) is 44.4. The molecule has 0 aromatic heterocycles. The molecule has 0 amide bonds. The molecule has 10 N–H and O–H groups in total. The quantitative estimate of drug-likeness (QED) is 0.137. The lowest BCUT2D eigenvalue weighted by Gasteiger charge is -2.62. The van der Waals surface area contributed by atoms with Gasteiger partial charge in [0.2, 0.25) is 0 Å². The molecule has 62 heavy (non-hydrogen) atoms. The maximum absolute atomic E-state index is 12.8. The number of allylic oxidation sites excluding steroid dienone is 1. The van der Waals surface area contributed by atoms with Gasteiger partial charge in [0, 0.05) is 24.2 Å². The van der Waals surface area contributed by atoms with Gasteiger partial charge in [-0.1, -0.05) is 39.3 Å². The average Bonchev–Trinajstić information content (AvgIpc) is 3.69. The molecule has 18 nitrogen and oxygen atoms in total. The Hall–Kier alpha value is -0.980. The van der Waals surface area contributed by atoms with Crippen LogP contribution >= 0.6 is 0 Å². The largest absolute Gasteiger partial charge is 0.394 e. The van der Waals surface area contributed by atoms with Crippen LogP contribution in [-0.2, 0) is 37.9 Å². The fourth-order valence-electron chi connectivity index (χ4n) is 13.7. The second-order valence-electron chi connectivity index (χ2n) is 20.9. The van der Waals surface area contributed by atoms with Crippen LogP contribution in [-0.4, -0.2) is 187 Å². The summed E-state index contributed by atoms with van der Waals surface area (Å²) in [6, 6.07) is 0. The minimum atomic E-state index is -1.78. The smallest absolute Gasteiger partial charge is 0.187 e. The van der Waals surface area contributed by atoms with Crippen molar-refractivity contribution in [1.29, 1.82) is 0 Å². The van der Waals surface area contributed by atoms with Crippen LogP contribution in [0.4, 0.5) is 0 Å². The van der Waals surface area contributed by atoms with Crippen molar-refractivity contribution in [2.75, 3.05) is 19.8 Å². The summed E-state index contributed by atoms with van der Waals surface area (Å²) in [5, 5.41) is 110. The Bertz CT molecular complexity index is 1650. The highest BCUT2D eigenvalue weighted by molar-refractivity contribution is 5.34. The molecule has 4 aliphatic carbocycles. The van der Waals surface area contributed by atoms with Crippen LogP contribution in [0.5, 0.6) is 0 Å². The summed E-state index contributed by atoms with van der Waals surface area (Å²) in [5.74, 6) is 0.674. The Balaban J connectivity index is 0.945. The first-order valence-electron chi connectivity index (χ1n) is 23.0. The van der Waals surface area contributed by atoms with E-state index in [9.17, 15) is 51.1 Å². The molecule has 0 aromatic rings. The Labute approximate surface area is 362 Å². The SMILES string of the molecule is C[C@@H]1CC[C@@]2(OC1)O[C@H]1C[C@H]3C4=C[C@@H](O)[C@@]5(O)C[C@@H](O[C@@H]6O[C@H](CO)[C@@H](O[C@@H]7OC[C@H](O)[C@H](O)[C@H]7O)[C@H](O)[C@H]6O[C@@H]6O[C@@H](C)[C@H](O)[C@@H](O)[C@H]6O)CC[C@]5(C)[C@H]4CC[C@]3(C)[C@H]1[C@@H]2C. The first kappa shape index (κ1) is 46.1. The first-order valence-corrected chi connectivity index (χ1v) is 23.0. The number of aliphatic hydroxyl groups excluding tert-OH is 9. The molecule has 0 radical (unpaired) electrons. The van der Waals surface area contributed by atoms with Gasteiger partial charge in [-0.3, -0.25) is 0 Å². The summed E-state index contributed by atoms with van der Waals surface area (Å²) in [7, 11) is 0. The number of hydrogen-bond acceptors (Lipinski definition) is 18.